The Morgan fingerprint density at radius 2 is 2.38 bits per heavy atom. The third-order valence-electron chi connectivity index (χ3n) is 4.44. The van der Waals surface area contributed by atoms with Gasteiger partial charge in [-0.3, -0.25) is 19.6 Å². The number of aryl methyl sites for hydroxylation is 1. The molecule has 0 aliphatic carbocycles. The van der Waals surface area contributed by atoms with E-state index < -0.39 is 4.92 Å². The summed E-state index contributed by atoms with van der Waals surface area (Å²) < 4.78 is 6.94. The zero-order valence-electron chi connectivity index (χ0n) is 13.5. The third-order valence-corrected chi connectivity index (χ3v) is 4.44. The molecule has 1 amide bonds. The van der Waals surface area contributed by atoms with Crippen LogP contribution in [-0.2, 0) is 11.3 Å². The summed E-state index contributed by atoms with van der Waals surface area (Å²) in [5.74, 6) is 1.36. The number of carbonyl (C=O) groups excluding carboxylic acids is 1. The third kappa shape index (κ3) is 3.47. The van der Waals surface area contributed by atoms with Crippen molar-refractivity contribution in [3.63, 3.8) is 0 Å². The maximum absolute atomic E-state index is 12.6. The van der Waals surface area contributed by atoms with Gasteiger partial charge in [-0.1, -0.05) is 6.92 Å². The molecule has 0 N–H and O–H groups in total. The van der Waals surface area contributed by atoms with E-state index in [1.807, 2.05) is 17.0 Å². The van der Waals surface area contributed by atoms with Crippen LogP contribution >= 0.6 is 0 Å². The van der Waals surface area contributed by atoms with Gasteiger partial charge in [-0.2, -0.15) is 5.10 Å². The molecule has 1 aliphatic rings. The lowest BCUT2D eigenvalue weighted by atomic mass is 9.91. The number of hydrogen-bond acceptors (Lipinski definition) is 5. The first-order chi connectivity index (χ1) is 11.5. The topological polar surface area (TPSA) is 94.4 Å². The summed E-state index contributed by atoms with van der Waals surface area (Å²) in [4.78, 5) is 24.7. The lowest BCUT2D eigenvalue weighted by Crippen LogP contribution is -2.40. The van der Waals surface area contributed by atoms with Crippen LogP contribution in [0.2, 0.25) is 0 Å². The molecule has 1 aliphatic heterocycles. The molecule has 3 heterocycles. The van der Waals surface area contributed by atoms with Gasteiger partial charge in [0, 0.05) is 19.5 Å². The van der Waals surface area contributed by atoms with Gasteiger partial charge in [0.25, 0.3) is 0 Å². The van der Waals surface area contributed by atoms with Gasteiger partial charge in [-0.25, -0.2) is 0 Å². The normalized spacial score (nSPS) is 21.0. The molecule has 3 rings (SSSR count). The van der Waals surface area contributed by atoms with E-state index in [4.69, 9.17) is 4.42 Å². The van der Waals surface area contributed by atoms with Crippen LogP contribution < -0.4 is 0 Å². The zero-order valence-corrected chi connectivity index (χ0v) is 13.5. The molecule has 0 bridgehead atoms. The average Bonchev–Trinajstić information content (AvgIpc) is 3.24. The van der Waals surface area contributed by atoms with Crippen molar-refractivity contribution < 1.29 is 14.1 Å². The van der Waals surface area contributed by atoms with Gasteiger partial charge in [0.1, 0.15) is 18.2 Å². The quantitative estimate of drug-likeness (QED) is 0.620. The highest BCUT2D eigenvalue weighted by Crippen LogP contribution is 2.34. The summed E-state index contributed by atoms with van der Waals surface area (Å²) in [6, 6.07) is 3.70. The number of carbonyl (C=O) groups is 1. The Hall–Kier alpha value is -2.64. The first kappa shape index (κ1) is 16.2. The first-order valence-electron chi connectivity index (χ1n) is 8.04. The highest BCUT2D eigenvalue weighted by molar-refractivity contribution is 5.76. The molecule has 2 atom stereocenters. The number of rotatable bonds is 5. The van der Waals surface area contributed by atoms with E-state index in [0.717, 1.165) is 18.6 Å². The van der Waals surface area contributed by atoms with Crippen molar-refractivity contribution in [1.29, 1.82) is 0 Å². The summed E-state index contributed by atoms with van der Waals surface area (Å²) in [6.07, 6.45) is 6.27. The molecular weight excluding hydrogens is 312 g/mol. The summed E-state index contributed by atoms with van der Waals surface area (Å²) in [5.41, 5.74) is -0.0669. The molecule has 0 unspecified atom stereocenters. The second-order valence-corrected chi connectivity index (χ2v) is 6.22. The van der Waals surface area contributed by atoms with Crippen LogP contribution in [0.5, 0.6) is 0 Å². The molecular formula is C16H20N4O4. The van der Waals surface area contributed by atoms with E-state index in [1.165, 1.54) is 17.1 Å². The smallest absolute Gasteiger partial charge is 0.306 e. The van der Waals surface area contributed by atoms with Gasteiger partial charge in [0.15, 0.2) is 0 Å². The number of nitrogens with zero attached hydrogens (tertiary/aromatic N) is 4. The molecule has 0 radical (unpaired) electrons. The van der Waals surface area contributed by atoms with Crippen LogP contribution in [0, 0.1) is 16.0 Å². The Morgan fingerprint density at radius 1 is 1.54 bits per heavy atom. The minimum Gasteiger partial charge on any atom is -0.467 e. The lowest BCUT2D eigenvalue weighted by molar-refractivity contribution is -0.385. The molecule has 128 valence electrons. The molecule has 8 heteroatoms. The highest BCUT2D eigenvalue weighted by atomic mass is 16.6. The van der Waals surface area contributed by atoms with Crippen molar-refractivity contribution in [2.75, 3.05) is 6.54 Å². The van der Waals surface area contributed by atoms with Crippen LogP contribution in [0.4, 0.5) is 5.69 Å². The van der Waals surface area contributed by atoms with E-state index in [1.54, 1.807) is 6.26 Å². The second kappa shape index (κ2) is 6.86. The van der Waals surface area contributed by atoms with Crippen molar-refractivity contribution in [2.45, 2.75) is 38.8 Å². The van der Waals surface area contributed by atoms with Crippen LogP contribution in [0.15, 0.2) is 35.2 Å². The van der Waals surface area contributed by atoms with E-state index in [-0.39, 0.29) is 24.1 Å². The van der Waals surface area contributed by atoms with Crippen LogP contribution in [0.1, 0.15) is 38.0 Å². The number of hydrogen-bond donors (Lipinski definition) is 0. The average molecular weight is 332 g/mol. The number of aromatic nitrogens is 2. The molecule has 0 saturated carbocycles. The van der Waals surface area contributed by atoms with Crippen molar-refractivity contribution in [2.24, 2.45) is 5.92 Å². The SMILES string of the molecule is C[C@@H]1CCN(C(=O)CCn2cc([N+](=O)[O-])cn2)[C@H](c2ccco2)C1. The van der Waals surface area contributed by atoms with E-state index in [9.17, 15) is 14.9 Å². The maximum atomic E-state index is 12.6. The van der Waals surface area contributed by atoms with Crippen molar-refractivity contribution >= 4 is 11.6 Å². The fraction of sp³-hybridized carbons (Fsp3) is 0.500. The van der Waals surface area contributed by atoms with Gasteiger partial charge < -0.3 is 9.32 Å². The van der Waals surface area contributed by atoms with Crippen molar-refractivity contribution in [3.8, 4) is 0 Å². The minimum absolute atomic E-state index is 0.0152. The number of likely N-dealkylation sites (tertiary alicyclic amines) is 1. The lowest BCUT2D eigenvalue weighted by Gasteiger charge is -2.37. The molecule has 24 heavy (non-hydrogen) atoms. The number of piperidine rings is 1. The first-order valence-corrected chi connectivity index (χ1v) is 8.04. The Labute approximate surface area is 139 Å². The monoisotopic (exact) mass is 332 g/mol. The van der Waals surface area contributed by atoms with E-state index in [0.29, 0.717) is 19.0 Å². The Bertz CT molecular complexity index is 709. The summed E-state index contributed by atoms with van der Waals surface area (Å²) >= 11 is 0. The molecule has 2 aromatic heterocycles. The van der Waals surface area contributed by atoms with Gasteiger partial charge in [-0.15, -0.1) is 0 Å². The molecule has 1 saturated heterocycles. The number of furan rings is 1. The van der Waals surface area contributed by atoms with Gasteiger partial charge in [0.2, 0.25) is 5.91 Å². The molecule has 1 fully saturated rings. The van der Waals surface area contributed by atoms with E-state index >= 15 is 0 Å². The van der Waals surface area contributed by atoms with Crippen LogP contribution in [0.3, 0.4) is 0 Å². The highest BCUT2D eigenvalue weighted by Gasteiger charge is 2.32. The maximum Gasteiger partial charge on any atom is 0.306 e. The second-order valence-electron chi connectivity index (χ2n) is 6.22. The van der Waals surface area contributed by atoms with Crippen LogP contribution in [-0.4, -0.2) is 32.1 Å². The zero-order chi connectivity index (χ0) is 17.1. The largest absolute Gasteiger partial charge is 0.467 e. The van der Waals surface area contributed by atoms with E-state index in [2.05, 4.69) is 12.0 Å². The molecule has 0 aromatic carbocycles. The Balaban J connectivity index is 1.64. The van der Waals surface area contributed by atoms with Gasteiger partial charge in [-0.05, 0) is 30.9 Å². The molecule has 0 spiro atoms. The fourth-order valence-corrected chi connectivity index (χ4v) is 3.11. The predicted octanol–water partition coefficient (Wildman–Crippen LogP) is 2.77. The molecule has 2 aromatic rings. The Morgan fingerprint density at radius 3 is 3.04 bits per heavy atom. The minimum atomic E-state index is -0.496. The predicted molar refractivity (Wildman–Crippen MR) is 85.1 cm³/mol. The van der Waals surface area contributed by atoms with Crippen LogP contribution in [0.25, 0.3) is 0 Å². The number of amides is 1. The van der Waals surface area contributed by atoms with Gasteiger partial charge >= 0.3 is 5.69 Å². The molecule has 8 nitrogen and oxygen atoms in total. The summed E-state index contributed by atoms with van der Waals surface area (Å²) in [5, 5.41) is 14.6. The summed E-state index contributed by atoms with van der Waals surface area (Å²) in [7, 11) is 0. The van der Waals surface area contributed by atoms with Gasteiger partial charge in [0.05, 0.1) is 17.2 Å². The summed E-state index contributed by atoms with van der Waals surface area (Å²) in [6.45, 7) is 3.20. The number of nitro groups is 1. The van der Waals surface area contributed by atoms with Crippen molar-refractivity contribution in [3.05, 3.63) is 46.7 Å². The standard InChI is InChI=1S/C16H20N4O4/c1-12-4-7-19(14(9-12)15-3-2-8-24-15)16(21)5-6-18-11-13(10-17-18)20(22)23/h2-3,8,10-12,14H,4-7,9H2,1H3/t12-,14+/m1/s1. The Kier molecular flexibility index (Phi) is 4.64. The fourth-order valence-electron chi connectivity index (χ4n) is 3.11. The van der Waals surface area contributed by atoms with Crippen molar-refractivity contribution in [1.82, 2.24) is 14.7 Å².